The van der Waals surface area contributed by atoms with Crippen LogP contribution in [0.1, 0.15) is 71.4 Å². The minimum Gasteiger partial charge on any atom is -0.497 e. The van der Waals surface area contributed by atoms with E-state index in [0.717, 1.165) is 28.3 Å². The molecule has 1 heterocycles. The molecule has 3 rings (SSSR count). The molecule has 1 aliphatic carbocycles. The average molecular weight is 385 g/mol. The Morgan fingerprint density at radius 1 is 1.11 bits per heavy atom. The lowest BCUT2D eigenvalue weighted by atomic mass is 10.1. The van der Waals surface area contributed by atoms with Crippen LogP contribution in [0.4, 0.5) is 0 Å². The first-order valence-corrected chi connectivity index (χ1v) is 10.3. The number of benzene rings is 1. The third kappa shape index (κ3) is 4.58. The molecular weight excluding hydrogens is 352 g/mol. The molecule has 0 aliphatic heterocycles. The third-order valence-electron chi connectivity index (χ3n) is 6.05. The van der Waals surface area contributed by atoms with E-state index in [0.29, 0.717) is 24.7 Å². The van der Waals surface area contributed by atoms with Gasteiger partial charge in [-0.1, -0.05) is 37.8 Å². The van der Waals surface area contributed by atoms with Gasteiger partial charge in [0.2, 0.25) is 0 Å². The molecule has 0 radical (unpaired) electrons. The maximum atomic E-state index is 12.0. The Labute approximate surface area is 167 Å². The van der Waals surface area contributed by atoms with Gasteiger partial charge >= 0.3 is 5.97 Å². The minimum atomic E-state index is -0.841. The van der Waals surface area contributed by atoms with E-state index < -0.39 is 5.97 Å². The number of hydrogen-bond acceptors (Lipinski definition) is 3. The third-order valence-corrected chi connectivity index (χ3v) is 6.05. The van der Waals surface area contributed by atoms with Crippen molar-refractivity contribution in [3.63, 3.8) is 0 Å². The molecule has 0 saturated heterocycles. The van der Waals surface area contributed by atoms with Crippen molar-refractivity contribution < 1.29 is 14.6 Å². The Morgan fingerprint density at radius 3 is 2.32 bits per heavy atom. The highest BCUT2D eigenvalue weighted by molar-refractivity contribution is 5.91. The summed E-state index contributed by atoms with van der Waals surface area (Å²) in [5, 5.41) is 13.5. The first kappa shape index (κ1) is 20.5. The number of nitrogens with zero attached hydrogens (tertiary/aromatic N) is 1. The van der Waals surface area contributed by atoms with Crippen LogP contribution in [0.25, 0.3) is 0 Å². The van der Waals surface area contributed by atoms with Crippen molar-refractivity contribution in [2.75, 3.05) is 7.11 Å². The van der Waals surface area contributed by atoms with Gasteiger partial charge in [-0.2, -0.15) is 0 Å². The van der Waals surface area contributed by atoms with Crippen LogP contribution >= 0.6 is 0 Å². The summed E-state index contributed by atoms with van der Waals surface area (Å²) in [6.07, 6.45) is 7.53. The smallest absolute Gasteiger partial charge is 0.337 e. The number of ether oxygens (including phenoxy) is 1. The Kier molecular flexibility index (Phi) is 6.79. The van der Waals surface area contributed by atoms with Crippen molar-refractivity contribution in [1.29, 1.82) is 0 Å². The maximum Gasteiger partial charge on any atom is 0.337 e. The molecule has 1 aliphatic rings. The Bertz CT molecular complexity index is 800. The zero-order valence-electron chi connectivity index (χ0n) is 17.3. The topological polar surface area (TPSA) is 63.5 Å². The molecule has 2 aromatic rings. The maximum absolute atomic E-state index is 12.0. The number of carboxylic acid groups (broad SMARTS) is 1. The lowest BCUT2D eigenvalue weighted by Gasteiger charge is -2.17. The Morgan fingerprint density at radius 2 is 1.75 bits per heavy atom. The molecule has 5 heteroatoms. The molecule has 0 spiro atoms. The van der Waals surface area contributed by atoms with Crippen molar-refractivity contribution in [1.82, 2.24) is 9.88 Å². The highest BCUT2D eigenvalue weighted by Crippen LogP contribution is 2.25. The molecule has 1 aromatic heterocycles. The van der Waals surface area contributed by atoms with Gasteiger partial charge in [-0.15, -0.1) is 0 Å². The average Bonchev–Trinajstić information content (AvgIpc) is 2.87. The highest BCUT2D eigenvalue weighted by Gasteiger charge is 2.23. The second-order valence-electron chi connectivity index (χ2n) is 7.83. The SMILES string of the molecule is COc1ccc(Cn2c(C)c(CNC3CCCCCC3)c(C(=O)O)c2C)cc1. The summed E-state index contributed by atoms with van der Waals surface area (Å²) >= 11 is 0. The fourth-order valence-electron chi connectivity index (χ4n) is 4.33. The zero-order chi connectivity index (χ0) is 20.1. The number of methoxy groups -OCH3 is 1. The van der Waals surface area contributed by atoms with Gasteiger partial charge in [0.1, 0.15) is 5.75 Å². The number of carboxylic acids is 1. The molecule has 1 fully saturated rings. The van der Waals surface area contributed by atoms with Gasteiger partial charge < -0.3 is 19.7 Å². The molecule has 1 saturated carbocycles. The Balaban J connectivity index is 1.82. The van der Waals surface area contributed by atoms with Crippen LogP contribution in [0.5, 0.6) is 5.75 Å². The molecule has 2 N–H and O–H groups in total. The molecule has 0 unspecified atom stereocenters. The zero-order valence-corrected chi connectivity index (χ0v) is 17.3. The van der Waals surface area contributed by atoms with Crippen LogP contribution in [0.3, 0.4) is 0 Å². The van der Waals surface area contributed by atoms with E-state index in [9.17, 15) is 9.90 Å². The predicted molar refractivity (Wildman–Crippen MR) is 111 cm³/mol. The van der Waals surface area contributed by atoms with Gasteiger partial charge in [-0.25, -0.2) is 4.79 Å². The largest absolute Gasteiger partial charge is 0.497 e. The predicted octanol–water partition coefficient (Wildman–Crippen LogP) is 4.67. The lowest BCUT2D eigenvalue weighted by Crippen LogP contribution is -2.28. The molecule has 28 heavy (non-hydrogen) atoms. The van der Waals surface area contributed by atoms with E-state index in [-0.39, 0.29) is 0 Å². The standard InChI is InChI=1S/C23H32N2O3/c1-16-21(14-24-19-8-6-4-5-7-9-19)22(23(26)27)17(2)25(16)15-18-10-12-20(28-3)13-11-18/h10-13,19,24H,4-9,14-15H2,1-3H3,(H,26,27). The van der Waals surface area contributed by atoms with Crippen LogP contribution in [0.15, 0.2) is 24.3 Å². The molecular formula is C23H32N2O3. The van der Waals surface area contributed by atoms with Gasteiger partial charge in [-0.05, 0) is 44.4 Å². The van der Waals surface area contributed by atoms with Crippen molar-refractivity contribution in [2.45, 2.75) is 71.5 Å². The van der Waals surface area contributed by atoms with Crippen molar-refractivity contribution in [3.8, 4) is 5.75 Å². The highest BCUT2D eigenvalue weighted by atomic mass is 16.5. The van der Waals surface area contributed by atoms with Gasteiger partial charge in [0.05, 0.1) is 12.7 Å². The van der Waals surface area contributed by atoms with E-state index in [4.69, 9.17) is 4.74 Å². The van der Waals surface area contributed by atoms with Gasteiger partial charge in [0.25, 0.3) is 0 Å². The number of hydrogen-bond donors (Lipinski definition) is 2. The number of aromatic nitrogens is 1. The van der Waals surface area contributed by atoms with Crippen LogP contribution in [-0.2, 0) is 13.1 Å². The summed E-state index contributed by atoms with van der Waals surface area (Å²) in [4.78, 5) is 12.0. The van der Waals surface area contributed by atoms with Crippen molar-refractivity contribution >= 4 is 5.97 Å². The van der Waals surface area contributed by atoms with Crippen LogP contribution in [0, 0.1) is 13.8 Å². The number of carbonyl (C=O) groups is 1. The quantitative estimate of drug-likeness (QED) is 0.681. The van der Waals surface area contributed by atoms with E-state index in [1.54, 1.807) is 7.11 Å². The number of nitrogens with one attached hydrogen (secondary N) is 1. The minimum absolute atomic E-state index is 0.451. The Hall–Kier alpha value is -2.27. The van der Waals surface area contributed by atoms with Crippen LogP contribution < -0.4 is 10.1 Å². The van der Waals surface area contributed by atoms with E-state index in [1.807, 2.05) is 38.1 Å². The first-order valence-electron chi connectivity index (χ1n) is 10.3. The lowest BCUT2D eigenvalue weighted by molar-refractivity contribution is 0.0694. The van der Waals surface area contributed by atoms with Gasteiger partial charge in [-0.3, -0.25) is 0 Å². The summed E-state index contributed by atoms with van der Waals surface area (Å²) in [6.45, 7) is 5.22. The van der Waals surface area contributed by atoms with Crippen molar-refractivity contribution in [2.24, 2.45) is 0 Å². The van der Waals surface area contributed by atoms with Gasteiger partial charge in [0, 0.05) is 36.1 Å². The normalized spacial score (nSPS) is 15.4. The summed E-state index contributed by atoms with van der Waals surface area (Å²) in [5.41, 5.74) is 4.35. The van der Waals surface area contributed by atoms with Gasteiger partial charge in [0.15, 0.2) is 0 Å². The van der Waals surface area contributed by atoms with Crippen LogP contribution in [0.2, 0.25) is 0 Å². The monoisotopic (exact) mass is 384 g/mol. The second-order valence-corrected chi connectivity index (χ2v) is 7.83. The summed E-state index contributed by atoms with van der Waals surface area (Å²) in [7, 11) is 1.65. The molecule has 0 bridgehead atoms. The van der Waals surface area contributed by atoms with Crippen molar-refractivity contribution in [3.05, 3.63) is 52.3 Å². The molecule has 1 aromatic carbocycles. The molecule has 152 valence electrons. The summed E-state index contributed by atoms with van der Waals surface area (Å²) in [6, 6.07) is 8.43. The van der Waals surface area contributed by atoms with E-state index in [2.05, 4.69) is 9.88 Å². The fourth-order valence-corrected chi connectivity index (χ4v) is 4.33. The molecule has 0 amide bonds. The second kappa shape index (κ2) is 9.28. The number of rotatable bonds is 7. The molecule has 0 atom stereocenters. The summed E-state index contributed by atoms with van der Waals surface area (Å²) in [5.74, 6) is -0.0176. The van der Waals surface area contributed by atoms with E-state index in [1.165, 1.54) is 38.5 Å². The first-order chi connectivity index (χ1) is 13.5. The summed E-state index contributed by atoms with van der Waals surface area (Å²) < 4.78 is 7.35. The molecule has 5 nitrogen and oxygen atoms in total. The van der Waals surface area contributed by atoms with E-state index >= 15 is 0 Å². The van der Waals surface area contributed by atoms with Crippen LogP contribution in [-0.4, -0.2) is 28.8 Å². The fraction of sp³-hybridized carbons (Fsp3) is 0.522. The number of aromatic carboxylic acids is 1.